The number of nitrogens with two attached hydrogens (primary N) is 1. The summed E-state index contributed by atoms with van der Waals surface area (Å²) in [6.45, 7) is 0. The molecule has 0 aromatic heterocycles. The standard InChI is InChI=1S/C8H5F3N2O4S/c9-8(10,11)5-2-6(13)7(1-4(5)3-12)17-18(14,15)16/h1-2H,13H2,(H,14,15,16). The smallest absolute Gasteiger partial charge is 0.396 e. The summed E-state index contributed by atoms with van der Waals surface area (Å²) >= 11 is 0. The molecule has 0 bridgehead atoms. The number of rotatable bonds is 2. The number of alkyl halides is 3. The van der Waals surface area contributed by atoms with Crippen LogP contribution in [0, 0.1) is 11.3 Å². The largest absolute Gasteiger partial charge is 0.446 e. The quantitative estimate of drug-likeness (QED) is 0.625. The molecule has 1 aromatic rings. The summed E-state index contributed by atoms with van der Waals surface area (Å²) in [5.41, 5.74) is 2.25. The fourth-order valence-electron chi connectivity index (χ4n) is 1.11. The zero-order valence-electron chi connectivity index (χ0n) is 8.39. The molecule has 0 atom stereocenters. The molecule has 0 aliphatic rings. The highest BCUT2D eigenvalue weighted by atomic mass is 32.3. The predicted octanol–water partition coefficient (Wildman–Crippen LogP) is 1.34. The van der Waals surface area contributed by atoms with Gasteiger partial charge in [-0.1, -0.05) is 0 Å². The van der Waals surface area contributed by atoms with E-state index in [-0.39, 0.29) is 0 Å². The van der Waals surface area contributed by atoms with E-state index in [1.54, 1.807) is 0 Å². The van der Waals surface area contributed by atoms with Crippen molar-refractivity contribution in [1.82, 2.24) is 0 Å². The van der Waals surface area contributed by atoms with Crippen LogP contribution in [0.1, 0.15) is 11.1 Å². The number of halogens is 3. The first-order valence-corrected chi connectivity index (χ1v) is 5.49. The summed E-state index contributed by atoms with van der Waals surface area (Å²) in [6, 6.07) is 2.05. The number of anilines is 1. The average Bonchev–Trinajstić information content (AvgIpc) is 2.17. The first-order valence-electron chi connectivity index (χ1n) is 4.12. The Balaban J connectivity index is 3.42. The number of hydrogen-bond acceptors (Lipinski definition) is 5. The Morgan fingerprint density at radius 2 is 1.94 bits per heavy atom. The third-order valence-corrected chi connectivity index (χ3v) is 2.16. The third-order valence-electron chi connectivity index (χ3n) is 1.77. The van der Waals surface area contributed by atoms with Gasteiger partial charge in [-0.2, -0.15) is 26.9 Å². The van der Waals surface area contributed by atoms with Gasteiger partial charge >= 0.3 is 16.6 Å². The molecule has 6 nitrogen and oxygen atoms in total. The molecule has 0 saturated carbocycles. The van der Waals surface area contributed by atoms with Crippen LogP contribution >= 0.6 is 0 Å². The fraction of sp³-hybridized carbons (Fsp3) is 0.125. The average molecular weight is 282 g/mol. The lowest BCUT2D eigenvalue weighted by atomic mass is 10.1. The van der Waals surface area contributed by atoms with E-state index < -0.39 is 39.1 Å². The molecule has 0 radical (unpaired) electrons. The Morgan fingerprint density at radius 3 is 2.33 bits per heavy atom. The number of benzene rings is 1. The van der Waals surface area contributed by atoms with Crippen LogP contribution in [0.4, 0.5) is 18.9 Å². The first-order chi connectivity index (χ1) is 8.04. The van der Waals surface area contributed by atoms with Gasteiger partial charge in [-0.15, -0.1) is 0 Å². The summed E-state index contributed by atoms with van der Waals surface area (Å²) in [6.07, 6.45) is -4.82. The topological polar surface area (TPSA) is 113 Å². The molecular weight excluding hydrogens is 277 g/mol. The van der Waals surface area contributed by atoms with Gasteiger partial charge in [0.2, 0.25) is 0 Å². The highest BCUT2D eigenvalue weighted by molar-refractivity contribution is 7.81. The summed E-state index contributed by atoms with van der Waals surface area (Å²) in [5, 5.41) is 8.54. The van der Waals surface area contributed by atoms with Crippen molar-refractivity contribution in [2.24, 2.45) is 0 Å². The Bertz CT molecular complexity index is 618. The van der Waals surface area contributed by atoms with Crippen molar-refractivity contribution in [2.45, 2.75) is 6.18 Å². The molecule has 10 heteroatoms. The van der Waals surface area contributed by atoms with E-state index in [1.807, 2.05) is 0 Å². The van der Waals surface area contributed by atoms with E-state index in [9.17, 15) is 21.6 Å². The Hall–Kier alpha value is -1.99. The minimum absolute atomic E-state index is 0.346. The maximum atomic E-state index is 12.5. The monoisotopic (exact) mass is 282 g/mol. The SMILES string of the molecule is N#Cc1cc(OS(=O)(=O)O)c(N)cc1C(F)(F)F. The van der Waals surface area contributed by atoms with Gasteiger partial charge in [-0.05, 0) is 6.07 Å². The van der Waals surface area contributed by atoms with Crippen molar-refractivity contribution >= 4 is 16.1 Å². The van der Waals surface area contributed by atoms with Crippen molar-refractivity contribution in [3.8, 4) is 11.8 Å². The number of nitriles is 1. The van der Waals surface area contributed by atoms with E-state index in [4.69, 9.17) is 15.5 Å². The van der Waals surface area contributed by atoms with Crippen LogP contribution in [0.3, 0.4) is 0 Å². The molecule has 0 spiro atoms. The third kappa shape index (κ3) is 3.25. The molecule has 0 saturated heterocycles. The highest BCUT2D eigenvalue weighted by Crippen LogP contribution is 2.36. The zero-order valence-corrected chi connectivity index (χ0v) is 9.21. The predicted molar refractivity (Wildman–Crippen MR) is 52.7 cm³/mol. The van der Waals surface area contributed by atoms with Gasteiger partial charge in [0.1, 0.15) is 0 Å². The minimum atomic E-state index is -4.94. The van der Waals surface area contributed by atoms with Gasteiger partial charge in [-0.25, -0.2) is 0 Å². The van der Waals surface area contributed by atoms with Crippen LogP contribution in [-0.2, 0) is 16.6 Å². The number of hydrogen-bond donors (Lipinski definition) is 2. The van der Waals surface area contributed by atoms with E-state index in [1.165, 1.54) is 6.07 Å². The maximum absolute atomic E-state index is 12.5. The summed E-state index contributed by atoms with van der Waals surface area (Å²) in [4.78, 5) is 0. The molecule has 0 aliphatic heterocycles. The molecular formula is C8H5F3N2O4S. The molecule has 0 heterocycles. The van der Waals surface area contributed by atoms with E-state index in [0.29, 0.717) is 12.1 Å². The second-order valence-corrected chi connectivity index (χ2v) is 4.08. The zero-order chi connectivity index (χ0) is 14.1. The lowest BCUT2D eigenvalue weighted by Gasteiger charge is -2.12. The van der Waals surface area contributed by atoms with E-state index in [0.717, 1.165) is 0 Å². The summed E-state index contributed by atoms with van der Waals surface area (Å²) in [5.74, 6) is -0.762. The van der Waals surface area contributed by atoms with Gasteiger partial charge in [0.15, 0.2) is 5.75 Å². The fourth-order valence-corrected chi connectivity index (χ4v) is 1.48. The second kappa shape index (κ2) is 4.35. The molecule has 1 rings (SSSR count). The molecule has 1 aromatic carbocycles. The highest BCUT2D eigenvalue weighted by Gasteiger charge is 2.34. The van der Waals surface area contributed by atoms with Crippen molar-refractivity contribution in [3.05, 3.63) is 23.3 Å². The van der Waals surface area contributed by atoms with Crippen LogP contribution in [0.25, 0.3) is 0 Å². The molecule has 18 heavy (non-hydrogen) atoms. The Kier molecular flexibility index (Phi) is 3.40. The lowest BCUT2D eigenvalue weighted by molar-refractivity contribution is -0.137. The molecule has 0 aliphatic carbocycles. The van der Waals surface area contributed by atoms with Crippen LogP contribution in [0.15, 0.2) is 12.1 Å². The minimum Gasteiger partial charge on any atom is -0.396 e. The van der Waals surface area contributed by atoms with Gasteiger partial charge in [0.05, 0.1) is 22.9 Å². The summed E-state index contributed by atoms with van der Waals surface area (Å²) in [7, 11) is -4.94. The number of nitrogens with zero attached hydrogens (tertiary/aromatic N) is 1. The van der Waals surface area contributed by atoms with Crippen molar-refractivity contribution in [1.29, 1.82) is 5.26 Å². The van der Waals surface area contributed by atoms with Gasteiger partial charge in [0.25, 0.3) is 0 Å². The second-order valence-electron chi connectivity index (χ2n) is 3.06. The van der Waals surface area contributed by atoms with Crippen LogP contribution in [0.5, 0.6) is 5.75 Å². The van der Waals surface area contributed by atoms with Crippen LogP contribution < -0.4 is 9.92 Å². The molecule has 98 valence electrons. The lowest BCUT2D eigenvalue weighted by Crippen LogP contribution is -2.12. The molecule has 0 fully saturated rings. The summed E-state index contributed by atoms with van der Waals surface area (Å²) < 4.78 is 70.5. The Morgan fingerprint density at radius 1 is 1.39 bits per heavy atom. The van der Waals surface area contributed by atoms with Crippen LogP contribution in [0.2, 0.25) is 0 Å². The normalized spacial score (nSPS) is 11.9. The molecule has 3 N–H and O–H groups in total. The maximum Gasteiger partial charge on any atom is 0.446 e. The van der Waals surface area contributed by atoms with Gasteiger partial charge in [-0.3, -0.25) is 4.55 Å². The number of nitrogen functional groups attached to an aromatic ring is 1. The van der Waals surface area contributed by atoms with E-state index in [2.05, 4.69) is 4.18 Å². The Labute approximate surface area is 99.3 Å². The molecule has 0 unspecified atom stereocenters. The van der Waals surface area contributed by atoms with Crippen LogP contribution in [-0.4, -0.2) is 13.0 Å². The first kappa shape index (κ1) is 14.1. The van der Waals surface area contributed by atoms with E-state index >= 15 is 0 Å². The van der Waals surface area contributed by atoms with Crippen molar-refractivity contribution < 1.29 is 30.3 Å². The van der Waals surface area contributed by atoms with Gasteiger partial charge in [0, 0.05) is 6.07 Å². The van der Waals surface area contributed by atoms with Crippen molar-refractivity contribution in [2.75, 3.05) is 5.73 Å². The van der Waals surface area contributed by atoms with Gasteiger partial charge < -0.3 is 9.92 Å². The molecule has 0 amide bonds. The van der Waals surface area contributed by atoms with Crippen molar-refractivity contribution in [3.63, 3.8) is 0 Å².